The smallest absolute Gasteiger partial charge is 0.228 e. The zero-order valence-electron chi connectivity index (χ0n) is 11.0. The van der Waals surface area contributed by atoms with E-state index in [1.165, 1.54) is 12.1 Å². The quantitative estimate of drug-likeness (QED) is 0.883. The Balaban J connectivity index is 1.87. The summed E-state index contributed by atoms with van der Waals surface area (Å²) in [4.78, 5) is 23.7. The van der Waals surface area contributed by atoms with E-state index in [1.54, 1.807) is 24.3 Å². The Morgan fingerprint density at radius 1 is 1.24 bits per heavy atom. The first-order valence-electron chi connectivity index (χ1n) is 6.43. The fourth-order valence-corrected chi connectivity index (χ4v) is 2.61. The highest BCUT2D eigenvalue weighted by atomic mass is 35.5. The van der Waals surface area contributed by atoms with E-state index >= 15 is 0 Å². The van der Waals surface area contributed by atoms with Crippen LogP contribution in [0.5, 0.6) is 0 Å². The number of ketones is 1. The van der Waals surface area contributed by atoms with E-state index < -0.39 is 0 Å². The summed E-state index contributed by atoms with van der Waals surface area (Å²) in [5.41, 5.74) is 2.53. The Morgan fingerprint density at radius 3 is 2.67 bits per heavy atom. The summed E-state index contributed by atoms with van der Waals surface area (Å²) in [7, 11) is 0. The van der Waals surface area contributed by atoms with Crippen molar-refractivity contribution in [1.29, 1.82) is 0 Å². The Morgan fingerprint density at radius 2 is 1.95 bits per heavy atom. The van der Waals surface area contributed by atoms with Gasteiger partial charge in [-0.15, -0.1) is 0 Å². The molecule has 0 bridgehead atoms. The number of carbonyl (C=O) groups is 2. The fraction of sp³-hybridized carbons (Fsp3) is 0.125. The van der Waals surface area contributed by atoms with Crippen LogP contribution in [-0.4, -0.2) is 11.7 Å². The van der Waals surface area contributed by atoms with Crippen molar-refractivity contribution < 1.29 is 14.0 Å². The van der Waals surface area contributed by atoms with Crippen LogP contribution < -0.4 is 5.32 Å². The molecule has 1 aliphatic heterocycles. The van der Waals surface area contributed by atoms with Gasteiger partial charge < -0.3 is 5.32 Å². The van der Waals surface area contributed by atoms with Crippen molar-refractivity contribution in [2.45, 2.75) is 12.8 Å². The molecule has 3 nitrogen and oxygen atoms in total. The van der Waals surface area contributed by atoms with Crippen LogP contribution in [0.1, 0.15) is 21.5 Å². The Kier molecular flexibility index (Phi) is 3.47. The molecule has 21 heavy (non-hydrogen) atoms. The lowest BCUT2D eigenvalue weighted by atomic mass is 10.00. The molecule has 0 spiro atoms. The van der Waals surface area contributed by atoms with Crippen LogP contribution in [-0.2, 0) is 17.6 Å². The van der Waals surface area contributed by atoms with Crippen molar-refractivity contribution >= 4 is 29.0 Å². The minimum atomic E-state index is -0.341. The highest BCUT2D eigenvalue weighted by molar-refractivity contribution is 6.34. The first kappa shape index (κ1) is 13.8. The molecule has 0 atom stereocenters. The van der Waals surface area contributed by atoms with Crippen molar-refractivity contribution in [2.24, 2.45) is 0 Å². The Hall–Kier alpha value is -2.20. The van der Waals surface area contributed by atoms with Gasteiger partial charge in [0, 0.05) is 17.7 Å². The number of halogens is 2. The summed E-state index contributed by atoms with van der Waals surface area (Å²) >= 11 is 6.11. The van der Waals surface area contributed by atoms with E-state index in [0.29, 0.717) is 21.8 Å². The number of fused-ring (bicyclic) bond motifs is 1. The molecule has 5 heteroatoms. The number of anilines is 1. The number of carbonyl (C=O) groups excluding carboxylic acids is 2. The minimum absolute atomic E-state index is 0.107. The summed E-state index contributed by atoms with van der Waals surface area (Å²) in [6.45, 7) is 0. The molecule has 2 aromatic rings. The number of hydrogen-bond acceptors (Lipinski definition) is 2. The SMILES string of the molecule is O=C1Cc2cc(C(=O)Cc3ccc(F)cc3)c(Cl)cc2N1. The second-order valence-electron chi connectivity index (χ2n) is 4.94. The highest BCUT2D eigenvalue weighted by Crippen LogP contribution is 2.30. The molecule has 1 N–H and O–H groups in total. The van der Waals surface area contributed by atoms with Crippen LogP contribution in [0.4, 0.5) is 10.1 Å². The standard InChI is InChI=1S/C16H11ClFNO2/c17-13-8-14-10(7-16(21)19-14)6-12(13)15(20)5-9-1-3-11(18)4-2-9/h1-4,6,8H,5,7H2,(H,19,21). The van der Waals surface area contributed by atoms with Gasteiger partial charge in [-0.25, -0.2) is 4.39 Å². The monoisotopic (exact) mass is 303 g/mol. The van der Waals surface area contributed by atoms with Crippen LogP contribution in [0.3, 0.4) is 0 Å². The van der Waals surface area contributed by atoms with Crippen LogP contribution in [0.2, 0.25) is 5.02 Å². The van der Waals surface area contributed by atoms with E-state index in [4.69, 9.17) is 11.6 Å². The van der Waals surface area contributed by atoms with Crippen molar-refractivity contribution in [3.05, 3.63) is 63.9 Å². The van der Waals surface area contributed by atoms with Crippen LogP contribution in [0.15, 0.2) is 36.4 Å². The highest BCUT2D eigenvalue weighted by Gasteiger charge is 2.21. The van der Waals surface area contributed by atoms with Gasteiger partial charge in [0.25, 0.3) is 0 Å². The second kappa shape index (κ2) is 5.30. The molecule has 0 saturated carbocycles. The summed E-state index contributed by atoms with van der Waals surface area (Å²) < 4.78 is 12.9. The third kappa shape index (κ3) is 2.81. The average Bonchev–Trinajstić information content (AvgIpc) is 2.79. The number of Topliss-reactive ketones (excluding diaryl/α,β-unsaturated/α-hetero) is 1. The van der Waals surface area contributed by atoms with Crippen molar-refractivity contribution in [1.82, 2.24) is 0 Å². The fourth-order valence-electron chi connectivity index (χ4n) is 2.34. The van der Waals surface area contributed by atoms with Gasteiger partial charge in [0.15, 0.2) is 5.78 Å². The minimum Gasteiger partial charge on any atom is -0.325 e. The summed E-state index contributed by atoms with van der Waals surface area (Å²) in [5.74, 6) is -0.607. The van der Waals surface area contributed by atoms with Gasteiger partial charge in [0.1, 0.15) is 5.82 Å². The molecule has 0 unspecified atom stereocenters. The number of nitrogens with one attached hydrogen (secondary N) is 1. The topological polar surface area (TPSA) is 46.2 Å². The molecule has 2 aromatic carbocycles. The summed E-state index contributed by atoms with van der Waals surface area (Å²) in [6.07, 6.45) is 0.392. The van der Waals surface area contributed by atoms with E-state index in [0.717, 1.165) is 5.56 Å². The van der Waals surface area contributed by atoms with Gasteiger partial charge in [-0.3, -0.25) is 9.59 Å². The molecule has 0 fully saturated rings. The molecular formula is C16H11ClFNO2. The Bertz CT molecular complexity index is 741. The molecule has 1 heterocycles. The predicted octanol–water partition coefficient (Wildman–Crippen LogP) is 3.40. The Labute approximate surface area is 125 Å². The number of benzene rings is 2. The van der Waals surface area contributed by atoms with Gasteiger partial charge in [-0.05, 0) is 35.4 Å². The molecule has 1 amide bonds. The average molecular weight is 304 g/mol. The maximum Gasteiger partial charge on any atom is 0.228 e. The molecule has 0 radical (unpaired) electrons. The number of rotatable bonds is 3. The lowest BCUT2D eigenvalue weighted by Crippen LogP contribution is -2.05. The van der Waals surface area contributed by atoms with Crippen molar-refractivity contribution in [2.75, 3.05) is 5.32 Å². The molecule has 0 aromatic heterocycles. The van der Waals surface area contributed by atoms with Crippen LogP contribution in [0, 0.1) is 5.82 Å². The number of amides is 1. The number of hydrogen-bond donors (Lipinski definition) is 1. The van der Waals surface area contributed by atoms with E-state index in [-0.39, 0.29) is 30.3 Å². The normalized spacial score (nSPS) is 13.0. The van der Waals surface area contributed by atoms with E-state index in [1.807, 2.05) is 0 Å². The van der Waals surface area contributed by atoms with E-state index in [9.17, 15) is 14.0 Å². The summed E-state index contributed by atoms with van der Waals surface area (Å²) in [6, 6.07) is 9.02. The molecule has 0 saturated heterocycles. The van der Waals surface area contributed by atoms with Gasteiger partial charge in [0.05, 0.1) is 11.4 Å². The van der Waals surface area contributed by atoms with Crippen LogP contribution >= 0.6 is 11.6 Å². The third-order valence-corrected chi connectivity index (χ3v) is 3.71. The first-order valence-corrected chi connectivity index (χ1v) is 6.80. The van der Waals surface area contributed by atoms with Crippen LogP contribution in [0.25, 0.3) is 0 Å². The zero-order chi connectivity index (χ0) is 15.0. The maximum atomic E-state index is 12.9. The summed E-state index contributed by atoms with van der Waals surface area (Å²) in [5, 5.41) is 2.99. The largest absolute Gasteiger partial charge is 0.325 e. The molecular weight excluding hydrogens is 293 g/mol. The molecule has 0 aliphatic carbocycles. The second-order valence-corrected chi connectivity index (χ2v) is 5.35. The molecule has 1 aliphatic rings. The molecule has 3 rings (SSSR count). The lowest BCUT2D eigenvalue weighted by Gasteiger charge is -2.07. The van der Waals surface area contributed by atoms with E-state index in [2.05, 4.69) is 5.32 Å². The maximum absolute atomic E-state index is 12.9. The van der Waals surface area contributed by atoms with Crippen molar-refractivity contribution in [3.63, 3.8) is 0 Å². The predicted molar refractivity (Wildman–Crippen MR) is 78.2 cm³/mol. The van der Waals surface area contributed by atoms with Gasteiger partial charge in [-0.2, -0.15) is 0 Å². The molecule has 106 valence electrons. The first-order chi connectivity index (χ1) is 10.0. The van der Waals surface area contributed by atoms with Crippen molar-refractivity contribution in [3.8, 4) is 0 Å². The van der Waals surface area contributed by atoms with Gasteiger partial charge >= 0.3 is 0 Å². The van der Waals surface area contributed by atoms with Gasteiger partial charge in [-0.1, -0.05) is 23.7 Å². The zero-order valence-corrected chi connectivity index (χ0v) is 11.7. The van der Waals surface area contributed by atoms with Gasteiger partial charge in [0.2, 0.25) is 5.91 Å². The lowest BCUT2D eigenvalue weighted by molar-refractivity contribution is -0.115. The third-order valence-electron chi connectivity index (χ3n) is 3.40.